The number of carboxylic acids is 1. The largest absolute Gasteiger partial charge is 0.476 e. The average Bonchev–Trinajstić information content (AvgIpc) is 2.61. The number of aromatic carboxylic acids is 1. The van der Waals surface area contributed by atoms with Gasteiger partial charge in [-0.2, -0.15) is 0 Å². The first-order valence-electron chi connectivity index (χ1n) is 4.12. The maximum Gasteiger partial charge on any atom is 0.358 e. The van der Waals surface area contributed by atoms with E-state index in [2.05, 4.69) is 10.5 Å². The van der Waals surface area contributed by atoms with Gasteiger partial charge in [0.2, 0.25) is 0 Å². The molecule has 1 heterocycles. The monoisotopic (exact) mass is 200 g/mol. The van der Waals surface area contributed by atoms with Crippen molar-refractivity contribution in [2.24, 2.45) is 0 Å². The third kappa shape index (κ3) is 3.15. The van der Waals surface area contributed by atoms with Gasteiger partial charge < -0.3 is 19.7 Å². The molecule has 0 unspecified atom stereocenters. The summed E-state index contributed by atoms with van der Waals surface area (Å²) in [6.07, 6.45) is 0. The van der Waals surface area contributed by atoms with Crippen LogP contribution in [0.4, 0.5) is 0 Å². The topological polar surface area (TPSA) is 84.6 Å². The zero-order valence-corrected chi connectivity index (χ0v) is 7.82. The Bertz CT molecular complexity index is 297. The third-order valence-corrected chi connectivity index (χ3v) is 1.56. The van der Waals surface area contributed by atoms with Crippen LogP contribution in [0.2, 0.25) is 0 Å². The molecule has 0 aliphatic rings. The molecule has 0 saturated carbocycles. The van der Waals surface area contributed by atoms with E-state index in [1.54, 1.807) is 7.11 Å². The smallest absolute Gasteiger partial charge is 0.358 e. The van der Waals surface area contributed by atoms with E-state index in [0.717, 1.165) is 0 Å². The number of nitrogens with zero attached hydrogens (tertiary/aromatic N) is 1. The van der Waals surface area contributed by atoms with E-state index in [4.69, 9.17) is 14.4 Å². The van der Waals surface area contributed by atoms with Crippen LogP contribution in [0, 0.1) is 0 Å². The number of carboxylic acid groups (broad SMARTS) is 1. The molecule has 0 atom stereocenters. The van der Waals surface area contributed by atoms with Crippen LogP contribution in [0.25, 0.3) is 0 Å². The van der Waals surface area contributed by atoms with Crippen LogP contribution in [0.1, 0.15) is 16.2 Å². The van der Waals surface area contributed by atoms with Gasteiger partial charge in [0, 0.05) is 19.7 Å². The molecule has 1 aromatic rings. The van der Waals surface area contributed by atoms with Gasteiger partial charge in [-0.15, -0.1) is 0 Å². The second-order valence-corrected chi connectivity index (χ2v) is 2.65. The number of methoxy groups -OCH3 is 1. The minimum Gasteiger partial charge on any atom is -0.476 e. The molecular weight excluding hydrogens is 188 g/mol. The van der Waals surface area contributed by atoms with Gasteiger partial charge in [-0.25, -0.2) is 4.79 Å². The fourth-order valence-corrected chi connectivity index (χ4v) is 0.883. The zero-order valence-electron chi connectivity index (χ0n) is 7.82. The van der Waals surface area contributed by atoms with Gasteiger partial charge in [-0.3, -0.25) is 0 Å². The lowest BCUT2D eigenvalue weighted by atomic mass is 10.3. The molecule has 0 aliphatic heterocycles. The zero-order chi connectivity index (χ0) is 10.4. The highest BCUT2D eigenvalue weighted by molar-refractivity contribution is 5.85. The third-order valence-electron chi connectivity index (χ3n) is 1.56. The van der Waals surface area contributed by atoms with Crippen LogP contribution in [-0.4, -0.2) is 36.5 Å². The Labute approximate surface area is 80.8 Å². The molecule has 14 heavy (non-hydrogen) atoms. The predicted molar refractivity (Wildman–Crippen MR) is 47.0 cm³/mol. The van der Waals surface area contributed by atoms with Crippen molar-refractivity contribution in [3.05, 3.63) is 17.5 Å². The van der Waals surface area contributed by atoms with Crippen molar-refractivity contribution in [3.63, 3.8) is 0 Å². The van der Waals surface area contributed by atoms with Crippen LogP contribution < -0.4 is 5.32 Å². The number of nitrogens with one attached hydrogen (secondary N) is 1. The maximum atomic E-state index is 10.4. The number of rotatable bonds is 6. The first-order valence-corrected chi connectivity index (χ1v) is 4.12. The fraction of sp³-hybridized carbons (Fsp3) is 0.500. The molecule has 0 spiro atoms. The Balaban J connectivity index is 2.33. The summed E-state index contributed by atoms with van der Waals surface area (Å²) in [4.78, 5) is 10.4. The molecule has 1 aromatic heterocycles. The van der Waals surface area contributed by atoms with E-state index < -0.39 is 5.97 Å². The molecule has 1 rings (SSSR count). The molecule has 6 heteroatoms. The molecule has 0 radical (unpaired) electrons. The van der Waals surface area contributed by atoms with Crippen molar-refractivity contribution in [2.45, 2.75) is 6.54 Å². The van der Waals surface area contributed by atoms with Crippen LogP contribution in [0.15, 0.2) is 10.6 Å². The quantitative estimate of drug-likeness (QED) is 0.634. The molecular formula is C8H12N2O4. The van der Waals surface area contributed by atoms with Crippen LogP contribution in [0.3, 0.4) is 0 Å². The highest BCUT2D eigenvalue weighted by Gasteiger charge is 2.09. The van der Waals surface area contributed by atoms with Gasteiger partial charge >= 0.3 is 5.97 Å². The first-order chi connectivity index (χ1) is 6.74. The molecule has 0 fully saturated rings. The highest BCUT2D eigenvalue weighted by atomic mass is 16.5. The fourth-order valence-electron chi connectivity index (χ4n) is 0.883. The second-order valence-electron chi connectivity index (χ2n) is 2.65. The van der Waals surface area contributed by atoms with E-state index in [0.29, 0.717) is 25.5 Å². The van der Waals surface area contributed by atoms with Gasteiger partial charge in [0.15, 0.2) is 11.5 Å². The Morgan fingerprint density at radius 3 is 3.14 bits per heavy atom. The van der Waals surface area contributed by atoms with E-state index in [9.17, 15) is 4.79 Å². The predicted octanol–water partition coefficient (Wildman–Crippen LogP) is 0.109. The van der Waals surface area contributed by atoms with Crippen molar-refractivity contribution in [2.75, 3.05) is 20.3 Å². The van der Waals surface area contributed by atoms with E-state index in [1.165, 1.54) is 6.07 Å². The molecule has 2 N–H and O–H groups in total. The maximum absolute atomic E-state index is 10.4. The second kappa shape index (κ2) is 5.36. The lowest BCUT2D eigenvalue weighted by Crippen LogP contribution is -2.18. The van der Waals surface area contributed by atoms with Crippen molar-refractivity contribution in [3.8, 4) is 0 Å². The summed E-state index contributed by atoms with van der Waals surface area (Å²) < 4.78 is 9.59. The van der Waals surface area contributed by atoms with Gasteiger partial charge in [0.1, 0.15) is 0 Å². The number of ether oxygens (including phenoxy) is 1. The summed E-state index contributed by atoms with van der Waals surface area (Å²) in [5.74, 6) is -0.588. The van der Waals surface area contributed by atoms with E-state index in [1.807, 2.05) is 0 Å². The van der Waals surface area contributed by atoms with Gasteiger partial charge in [-0.05, 0) is 0 Å². The Kier molecular flexibility index (Phi) is 4.09. The molecule has 0 bridgehead atoms. The Hall–Kier alpha value is -1.40. The summed E-state index contributed by atoms with van der Waals surface area (Å²) in [7, 11) is 1.61. The first kappa shape index (κ1) is 10.7. The Morgan fingerprint density at radius 1 is 1.79 bits per heavy atom. The molecule has 0 aromatic carbocycles. The van der Waals surface area contributed by atoms with E-state index in [-0.39, 0.29) is 5.69 Å². The molecule has 0 amide bonds. The number of hydrogen-bond acceptors (Lipinski definition) is 5. The van der Waals surface area contributed by atoms with Gasteiger partial charge in [-0.1, -0.05) is 5.16 Å². The molecule has 0 aliphatic carbocycles. The van der Waals surface area contributed by atoms with Crippen LogP contribution in [-0.2, 0) is 11.3 Å². The number of hydrogen-bond donors (Lipinski definition) is 2. The van der Waals surface area contributed by atoms with Crippen LogP contribution in [0.5, 0.6) is 0 Å². The standard InChI is InChI=1S/C8H12N2O4/c1-13-3-2-9-5-6-4-7(8(11)12)10-14-6/h4,9H,2-3,5H2,1H3,(H,11,12). The SMILES string of the molecule is COCCNCc1cc(C(=O)O)no1. The molecule has 0 saturated heterocycles. The van der Waals surface area contributed by atoms with Crippen molar-refractivity contribution in [1.82, 2.24) is 10.5 Å². The summed E-state index contributed by atoms with van der Waals surface area (Å²) in [5, 5.41) is 14.9. The lowest BCUT2D eigenvalue weighted by Gasteiger charge is -1.99. The summed E-state index contributed by atoms with van der Waals surface area (Å²) in [6.45, 7) is 1.73. The number of carbonyl (C=O) groups is 1. The highest BCUT2D eigenvalue weighted by Crippen LogP contribution is 2.02. The van der Waals surface area contributed by atoms with Crippen LogP contribution >= 0.6 is 0 Å². The van der Waals surface area contributed by atoms with Gasteiger partial charge in [0.05, 0.1) is 13.2 Å². The lowest BCUT2D eigenvalue weighted by molar-refractivity contribution is 0.0685. The normalized spacial score (nSPS) is 10.4. The van der Waals surface area contributed by atoms with Crippen molar-refractivity contribution >= 4 is 5.97 Å². The number of aromatic nitrogens is 1. The summed E-state index contributed by atoms with van der Waals surface area (Å²) in [6, 6.07) is 1.39. The van der Waals surface area contributed by atoms with Gasteiger partial charge in [0.25, 0.3) is 0 Å². The van der Waals surface area contributed by atoms with Crippen molar-refractivity contribution in [1.29, 1.82) is 0 Å². The summed E-state index contributed by atoms with van der Waals surface area (Å²) >= 11 is 0. The van der Waals surface area contributed by atoms with E-state index >= 15 is 0 Å². The molecule has 78 valence electrons. The Morgan fingerprint density at radius 2 is 2.57 bits per heavy atom. The average molecular weight is 200 g/mol. The molecule has 6 nitrogen and oxygen atoms in total. The van der Waals surface area contributed by atoms with Crippen molar-refractivity contribution < 1.29 is 19.2 Å². The minimum absolute atomic E-state index is 0.0754. The minimum atomic E-state index is -1.09. The summed E-state index contributed by atoms with van der Waals surface area (Å²) in [5.41, 5.74) is -0.0754.